The van der Waals surface area contributed by atoms with Crippen LogP contribution in [-0.4, -0.2) is 212 Å². The molecule has 7 amide bonds. The van der Waals surface area contributed by atoms with E-state index < -0.39 is 228 Å². The molecule has 35 nitrogen and oxygen atoms in total. The van der Waals surface area contributed by atoms with Crippen molar-refractivity contribution in [3.8, 4) is 68.6 Å². The number of ketones is 3. The number of ether oxygens (including phenoxy) is 8. The summed E-state index contributed by atoms with van der Waals surface area (Å²) in [6.45, 7) is 14.0. The molecule has 11 aliphatic rings. The molecule has 6 aromatic rings. The van der Waals surface area contributed by atoms with E-state index in [1.165, 1.54) is 68.4 Å². The minimum absolute atomic E-state index is 0.0661. The molecule has 19 N–H and O–H groups in total. The lowest BCUT2D eigenvalue weighted by molar-refractivity contribution is -0.333. The van der Waals surface area contributed by atoms with Crippen molar-refractivity contribution in [1.82, 2.24) is 37.2 Å². The minimum Gasteiger partial charge on any atom is -0.508 e. The van der Waals surface area contributed by atoms with Gasteiger partial charge in [0.25, 0.3) is 0 Å². The van der Waals surface area contributed by atoms with Crippen LogP contribution in [0.4, 0.5) is 10.5 Å². The number of hydrogen-bond acceptors (Lipinski definition) is 29. The third kappa shape index (κ3) is 22.2. The van der Waals surface area contributed by atoms with Gasteiger partial charge < -0.3 is 127 Å². The number of carbonyl (C=O) groups is 9. The van der Waals surface area contributed by atoms with Gasteiger partial charge in [0.1, 0.15) is 108 Å². The Morgan fingerprint density at radius 1 is 0.659 bits per heavy atom. The fourth-order valence-electron chi connectivity index (χ4n) is 20.0. The lowest BCUT2D eigenvalue weighted by Crippen LogP contribution is -2.64. The van der Waals surface area contributed by atoms with E-state index in [4.69, 9.17) is 66.8 Å². The molecule has 7 aliphatic heterocycles. The smallest absolute Gasteiger partial charge is 0.325 e. The number of likely N-dealkylation sites (N-methyl/N-ethyl adjacent to an activating group) is 2. The lowest BCUT2D eigenvalue weighted by atomic mass is 9.51. The highest BCUT2D eigenvalue weighted by Gasteiger charge is 2.53. The van der Waals surface area contributed by atoms with Crippen LogP contribution in [0.15, 0.2) is 97.1 Å². The molecule has 0 aromatic heterocycles. The summed E-state index contributed by atoms with van der Waals surface area (Å²) < 4.78 is 51.4. The van der Waals surface area contributed by atoms with Gasteiger partial charge in [-0.15, -0.1) is 0 Å². The molecule has 2 saturated heterocycles. The zero-order chi connectivity index (χ0) is 94.6. The molecule has 6 aromatic carbocycles. The lowest BCUT2D eigenvalue weighted by Gasteiger charge is -2.54. The zero-order valence-electron chi connectivity index (χ0n) is 74.3. The number of phenols is 3. The SMILES string of the molecule is CCNCCOc1cc(NC(=O)NC(=O)C[C@@H]2CC(=O)[C@H](NC(=O)[C@H](CC)CC(C)C)[C@H](O)c3ccc(c(Cl)c3)Oc3cc4cc(c3O[C@@H]3O[C@H](CO)[C@@H](O)[C@H](O)[C@H]3O[C@H]3C[C@](C)(N)[C@H](O)[C@H](C)O3)Oc3ccc(cc3Cl)[C@@H](O)[C@@H]3NC(=O)[C@H](CC(=O)[C@@H]4NC2=O)c2ccc(O)c(c2)-c2c(O)cc(O)cc2[C@@H](C(=O)CC2C4CC5CC(C4)CC2C5)NC3=O)cc(OCCNCC)c1. The number of fused-ring (bicyclic) bond motifs is 15. The average Bonchev–Trinajstić information content (AvgIpc) is 0.749. The summed E-state index contributed by atoms with van der Waals surface area (Å²) in [5.74, 6) is -16.1. The van der Waals surface area contributed by atoms with Gasteiger partial charge >= 0.3 is 6.03 Å². The maximum Gasteiger partial charge on any atom is 0.325 e. The highest BCUT2D eigenvalue weighted by Crippen LogP contribution is 2.59. The molecule has 37 heteroatoms. The van der Waals surface area contributed by atoms with Crippen LogP contribution in [-0.2, 0) is 52.6 Å². The molecule has 7 heterocycles. The molecule has 6 fully saturated rings. The van der Waals surface area contributed by atoms with Gasteiger partial charge in [-0.25, -0.2) is 4.79 Å². The Balaban J connectivity index is 0.949. The van der Waals surface area contributed by atoms with Crippen molar-refractivity contribution in [1.29, 1.82) is 0 Å². The van der Waals surface area contributed by atoms with Crippen LogP contribution in [0.25, 0.3) is 11.1 Å². The average molecular weight is 1870 g/mol. The molecule has 15 bridgehead atoms. The first-order chi connectivity index (χ1) is 63.0. The van der Waals surface area contributed by atoms with E-state index in [1.54, 1.807) is 13.0 Å². The van der Waals surface area contributed by atoms with Crippen molar-refractivity contribution in [3.05, 3.63) is 135 Å². The van der Waals surface area contributed by atoms with Crippen molar-refractivity contribution in [2.24, 2.45) is 53.1 Å². The predicted molar refractivity (Wildman–Crippen MR) is 478 cm³/mol. The second kappa shape index (κ2) is 42.1. The van der Waals surface area contributed by atoms with Crippen LogP contribution in [0.1, 0.15) is 184 Å². The number of halogens is 2. The van der Waals surface area contributed by atoms with Crippen LogP contribution < -0.4 is 72.0 Å². The second-order valence-corrected chi connectivity index (χ2v) is 37.4. The van der Waals surface area contributed by atoms with Gasteiger partial charge in [-0.3, -0.25) is 43.7 Å². The van der Waals surface area contributed by atoms with Gasteiger partial charge in [0.15, 0.2) is 41.2 Å². The number of aliphatic hydroxyl groups is 6. The number of imide groups is 1. The quantitative estimate of drug-likeness (QED) is 0.0227. The molecule has 18 atom stereocenters. The first-order valence-electron chi connectivity index (χ1n) is 45.1. The topological polar surface area (TPSA) is 532 Å². The summed E-state index contributed by atoms with van der Waals surface area (Å²) in [5, 5.41) is 129. The highest BCUT2D eigenvalue weighted by atomic mass is 35.5. The van der Waals surface area contributed by atoms with Crippen LogP contribution in [0.3, 0.4) is 0 Å². The Morgan fingerprint density at radius 2 is 1.28 bits per heavy atom. The number of carbonyl (C=O) groups excluding carboxylic acids is 9. The number of Topliss-reactive ketones (excluding diaryl/α,β-unsaturated/α-hetero) is 3. The van der Waals surface area contributed by atoms with Crippen molar-refractivity contribution < 1.29 is 127 Å². The minimum atomic E-state index is -2.28. The summed E-state index contributed by atoms with van der Waals surface area (Å²) in [7, 11) is 0. The monoisotopic (exact) mass is 1870 g/mol. The standard InChI is InChI=1S/C95H117Cl2N9O26/c1-8-47(21-43(4)5)89(120)105-80-67(111)30-54(33-75(114)102-94(124)101-55-34-57(125-19-17-99-9-2)38-58(35-55)126-20-18-100-10-3)90(121)103-78-53-31-72(128-70-15-12-49(82(80)115)28-63(70)96)86(132-93-87(85(118)84(117)74(42-107)130-93)131-76-41-95(7,98)88(119)44(6)127-76)73(32-53)129-71-16-13-50(29-64(71)97)83(116)81-92(123)104-79(69(113)39-59-51-23-45-22-46(25-51)26-52(59)24-45)62-36-56(108)37-66(110)77(62)61-27-48(11-14-65(61)109)60(40-68(78)112)91(122)106-81/h11-16,27-29,31-32,34-38,43-47,51-52,54,59-60,74,76,78-85,87-88,93,99-100,107-110,115-119H,8-10,17-26,30,33,39-42,98H2,1-7H3,(H,103,121)(H,104,123)(H,105,120)(H,106,122)(H2,101,102,114,124)/t44-,45?,46?,47+,51?,52?,54-,59?,60+,74+,76-,78+,79-,80-,81-,82+,83+,84+,85-,87+,88+,93-,95-/m0/s1. The zero-order valence-corrected chi connectivity index (χ0v) is 75.8. The van der Waals surface area contributed by atoms with Gasteiger partial charge in [-0.2, -0.15) is 0 Å². The Hall–Kier alpha value is -10.4. The number of anilines is 1. The first kappa shape index (κ1) is 97.7. The number of amides is 7. The fraction of sp³-hybridized carbons (Fsp3) is 0.526. The summed E-state index contributed by atoms with van der Waals surface area (Å²) in [6, 6.07) is 10.3. The van der Waals surface area contributed by atoms with Crippen molar-refractivity contribution in [2.45, 2.75) is 223 Å². The van der Waals surface area contributed by atoms with Crippen molar-refractivity contribution in [3.63, 3.8) is 0 Å². The first-order valence-corrected chi connectivity index (χ1v) is 45.9. The van der Waals surface area contributed by atoms with Crippen LogP contribution in [0.5, 0.6) is 57.5 Å². The normalized spacial score (nSPS) is 29.5. The number of aromatic hydroxyl groups is 3. The molecule has 4 saturated carbocycles. The summed E-state index contributed by atoms with van der Waals surface area (Å²) >= 11 is 14.6. The van der Waals surface area contributed by atoms with Crippen LogP contribution >= 0.6 is 23.2 Å². The number of phenolic OH excluding ortho intramolecular Hbond substituents is 3. The van der Waals surface area contributed by atoms with Gasteiger partial charge in [-0.05, 0) is 190 Å². The second-order valence-electron chi connectivity index (χ2n) is 36.6. The molecule has 0 radical (unpaired) electrons. The molecular formula is C95H117Cl2N9O26. The highest BCUT2D eigenvalue weighted by molar-refractivity contribution is 6.32. The summed E-state index contributed by atoms with van der Waals surface area (Å²) in [5.41, 5.74) is 3.55. The summed E-state index contributed by atoms with van der Waals surface area (Å²) in [4.78, 5) is 141. The molecule has 712 valence electrons. The van der Waals surface area contributed by atoms with E-state index in [-0.39, 0.29) is 128 Å². The van der Waals surface area contributed by atoms with E-state index in [2.05, 4.69) is 42.5 Å². The Kier molecular flexibility index (Phi) is 31.1. The van der Waals surface area contributed by atoms with E-state index in [9.17, 15) is 55.5 Å². The molecule has 132 heavy (non-hydrogen) atoms. The fourth-order valence-corrected chi connectivity index (χ4v) is 20.4. The molecule has 4 aliphatic carbocycles. The molecule has 0 spiro atoms. The van der Waals surface area contributed by atoms with E-state index in [0.717, 1.165) is 68.5 Å². The molecule has 17 rings (SSSR count). The molecular weight excluding hydrogens is 1750 g/mol. The van der Waals surface area contributed by atoms with Gasteiger partial charge in [-0.1, -0.05) is 76.0 Å². The molecule has 0 unspecified atom stereocenters. The van der Waals surface area contributed by atoms with Crippen molar-refractivity contribution >= 4 is 81.8 Å². The van der Waals surface area contributed by atoms with Crippen molar-refractivity contribution in [2.75, 3.05) is 51.3 Å². The number of hydrogen-bond donors (Lipinski definition) is 18. The largest absolute Gasteiger partial charge is 0.508 e. The number of rotatable bonds is 26. The van der Waals surface area contributed by atoms with Gasteiger partial charge in [0.2, 0.25) is 41.6 Å². The number of nitrogens with two attached hydrogens (primary N) is 1. The third-order valence-corrected chi connectivity index (χ3v) is 27.1. The Labute approximate surface area is 772 Å². The third-order valence-electron chi connectivity index (χ3n) is 26.5. The number of benzene rings is 6. The maximum atomic E-state index is 16.9. The van der Waals surface area contributed by atoms with Crippen LogP contribution in [0, 0.1) is 47.3 Å². The van der Waals surface area contributed by atoms with E-state index in [0.29, 0.717) is 44.4 Å². The van der Waals surface area contributed by atoms with Crippen LogP contribution in [0.2, 0.25) is 10.0 Å². The predicted octanol–water partition coefficient (Wildman–Crippen LogP) is 8.31. The Morgan fingerprint density at radius 3 is 1.87 bits per heavy atom. The number of aliphatic hydroxyl groups excluding tert-OH is 6. The van der Waals surface area contributed by atoms with Gasteiger partial charge in [0, 0.05) is 97.7 Å². The maximum absolute atomic E-state index is 16.9. The van der Waals surface area contributed by atoms with E-state index in [1.807, 2.05) is 27.7 Å². The number of urea groups is 1. The Bertz CT molecular complexity index is 5240. The van der Waals surface area contributed by atoms with Gasteiger partial charge in [0.05, 0.1) is 40.7 Å². The number of nitrogens with one attached hydrogen (secondary N) is 8. The van der Waals surface area contributed by atoms with E-state index >= 15 is 33.6 Å². The summed E-state index contributed by atoms with van der Waals surface area (Å²) in [6.07, 6.45) is -15.9.